The molecule has 1 aromatic carbocycles. The zero-order valence-electron chi connectivity index (χ0n) is 17.0. The summed E-state index contributed by atoms with van der Waals surface area (Å²) in [4.78, 5) is 2.21. The summed E-state index contributed by atoms with van der Waals surface area (Å²) in [5.41, 5.74) is -0.907. The van der Waals surface area contributed by atoms with Crippen LogP contribution in [0.15, 0.2) is 65.4 Å². The summed E-state index contributed by atoms with van der Waals surface area (Å²) in [5, 5.41) is 16.4. The van der Waals surface area contributed by atoms with E-state index in [9.17, 15) is 5.11 Å². The van der Waals surface area contributed by atoms with Crippen LogP contribution in [0.3, 0.4) is 0 Å². The molecule has 0 spiro atoms. The molecular weight excluding hydrogens is 478 g/mol. The van der Waals surface area contributed by atoms with Crippen molar-refractivity contribution in [3.8, 4) is 5.75 Å². The van der Waals surface area contributed by atoms with Crippen molar-refractivity contribution in [2.24, 2.45) is 5.41 Å². The first kappa shape index (κ1) is 22.0. The quantitative estimate of drug-likeness (QED) is 0.498. The van der Waals surface area contributed by atoms with E-state index in [4.69, 9.17) is 4.74 Å². The van der Waals surface area contributed by atoms with E-state index in [0.29, 0.717) is 0 Å². The smallest absolute Gasteiger partial charge is 0.139 e. The molecular formula is C24H28BrNO2S2. The van der Waals surface area contributed by atoms with Gasteiger partial charge in [-0.25, -0.2) is 0 Å². The molecule has 0 amide bonds. The Hall–Kier alpha value is -1.18. The molecule has 5 heterocycles. The lowest BCUT2D eigenvalue weighted by Gasteiger charge is -2.59. The Balaban J connectivity index is 0.00000218. The van der Waals surface area contributed by atoms with Crippen LogP contribution in [0.25, 0.3) is 0 Å². The Morgan fingerprint density at radius 2 is 1.43 bits per heavy atom. The average molecular weight is 507 g/mol. The molecule has 0 aliphatic carbocycles. The minimum Gasteiger partial charge on any atom is -1.00 e. The number of hydrogen-bond acceptors (Lipinski definition) is 4. The van der Waals surface area contributed by atoms with E-state index in [1.807, 2.05) is 30.3 Å². The van der Waals surface area contributed by atoms with Gasteiger partial charge in [0.2, 0.25) is 0 Å². The largest absolute Gasteiger partial charge is 1.00 e. The maximum absolute atomic E-state index is 12.2. The van der Waals surface area contributed by atoms with E-state index >= 15 is 0 Å². The molecule has 3 saturated heterocycles. The van der Waals surface area contributed by atoms with Gasteiger partial charge in [0.05, 0.1) is 19.6 Å². The predicted molar refractivity (Wildman–Crippen MR) is 120 cm³/mol. The second-order valence-corrected chi connectivity index (χ2v) is 10.5. The molecule has 2 aromatic heterocycles. The maximum atomic E-state index is 12.2. The first-order valence-corrected chi connectivity index (χ1v) is 12.3. The first-order chi connectivity index (χ1) is 14.2. The number of thiophene rings is 2. The second-order valence-electron chi connectivity index (χ2n) is 8.59. The van der Waals surface area contributed by atoms with Gasteiger partial charge in [0.15, 0.2) is 0 Å². The van der Waals surface area contributed by atoms with Crippen LogP contribution in [0, 0.1) is 5.41 Å². The van der Waals surface area contributed by atoms with Crippen molar-refractivity contribution in [2.45, 2.75) is 24.9 Å². The number of quaternary nitrogens is 1. The molecule has 3 aliphatic rings. The van der Waals surface area contributed by atoms with Gasteiger partial charge in [-0.3, -0.25) is 0 Å². The molecule has 0 atom stereocenters. The highest BCUT2D eigenvalue weighted by molar-refractivity contribution is 7.11. The number of ether oxygens (including phenoxy) is 1. The summed E-state index contributed by atoms with van der Waals surface area (Å²) < 4.78 is 7.14. The zero-order valence-corrected chi connectivity index (χ0v) is 20.2. The fourth-order valence-electron chi connectivity index (χ4n) is 5.43. The second kappa shape index (κ2) is 8.75. The number of nitrogens with zero attached hydrogens (tertiary/aromatic N) is 1. The van der Waals surface area contributed by atoms with Gasteiger partial charge in [-0.2, -0.15) is 0 Å². The van der Waals surface area contributed by atoms with E-state index in [0.717, 1.165) is 72.0 Å². The molecule has 2 bridgehead atoms. The highest BCUT2D eigenvalue weighted by Crippen LogP contribution is 2.58. The summed E-state index contributed by atoms with van der Waals surface area (Å²) in [6.07, 6.45) is 3.22. The van der Waals surface area contributed by atoms with Crippen LogP contribution in [0.4, 0.5) is 0 Å². The molecule has 0 unspecified atom stereocenters. The van der Waals surface area contributed by atoms with Gasteiger partial charge in [-0.05, 0) is 35.0 Å². The van der Waals surface area contributed by atoms with Crippen LogP contribution in [-0.4, -0.2) is 42.4 Å². The highest BCUT2D eigenvalue weighted by atomic mass is 79.9. The van der Waals surface area contributed by atoms with Crippen LogP contribution in [-0.2, 0) is 5.60 Å². The van der Waals surface area contributed by atoms with Crippen LogP contribution in [0.5, 0.6) is 5.75 Å². The van der Waals surface area contributed by atoms with Crippen LogP contribution >= 0.6 is 22.7 Å². The molecule has 3 aliphatic heterocycles. The van der Waals surface area contributed by atoms with Crippen LogP contribution in [0.1, 0.15) is 29.0 Å². The van der Waals surface area contributed by atoms with Gasteiger partial charge in [-0.15, -0.1) is 22.7 Å². The summed E-state index contributed by atoms with van der Waals surface area (Å²) >= 11 is 3.39. The van der Waals surface area contributed by atoms with Crippen molar-refractivity contribution in [1.82, 2.24) is 0 Å². The topological polar surface area (TPSA) is 29.5 Å². The SMILES string of the molecule is OC(c1cccs1)(c1cccs1)C12CC[N+](CCOc3ccccc3)(CC1)CC2.[Br-]. The van der Waals surface area contributed by atoms with Crippen molar-refractivity contribution in [2.75, 3.05) is 32.8 Å². The lowest BCUT2D eigenvalue weighted by molar-refractivity contribution is -0.946. The first-order valence-electron chi connectivity index (χ1n) is 10.5. The molecule has 6 rings (SSSR count). The molecule has 3 aromatic rings. The number of hydrogen-bond donors (Lipinski definition) is 1. The van der Waals surface area contributed by atoms with Gasteiger partial charge >= 0.3 is 0 Å². The normalized spacial score (nSPS) is 25.6. The summed E-state index contributed by atoms with van der Waals surface area (Å²) in [6.45, 7) is 5.23. The number of aliphatic hydroxyl groups is 1. The molecule has 3 fully saturated rings. The fourth-order valence-corrected chi connectivity index (χ4v) is 7.41. The Bertz CT molecular complexity index is 869. The fraction of sp³-hybridized carbons (Fsp3) is 0.417. The molecule has 1 N–H and O–H groups in total. The van der Waals surface area contributed by atoms with Crippen molar-refractivity contribution in [3.63, 3.8) is 0 Å². The van der Waals surface area contributed by atoms with Crippen molar-refractivity contribution >= 4 is 22.7 Å². The predicted octanol–water partition coefficient (Wildman–Crippen LogP) is 2.13. The van der Waals surface area contributed by atoms with E-state index in [-0.39, 0.29) is 22.4 Å². The summed E-state index contributed by atoms with van der Waals surface area (Å²) in [6, 6.07) is 18.5. The van der Waals surface area contributed by atoms with E-state index in [1.165, 1.54) is 0 Å². The van der Waals surface area contributed by atoms with Gasteiger partial charge in [0.1, 0.15) is 24.5 Å². The van der Waals surface area contributed by atoms with Crippen molar-refractivity contribution < 1.29 is 31.3 Å². The molecule has 160 valence electrons. The van der Waals surface area contributed by atoms with Gasteiger partial charge < -0.3 is 31.3 Å². The van der Waals surface area contributed by atoms with E-state index in [1.54, 1.807) is 22.7 Å². The number of piperidine rings is 3. The zero-order chi connectivity index (χ0) is 19.8. The van der Waals surface area contributed by atoms with Gasteiger partial charge in [-0.1, -0.05) is 30.3 Å². The van der Waals surface area contributed by atoms with Crippen LogP contribution in [0.2, 0.25) is 0 Å². The van der Waals surface area contributed by atoms with Crippen LogP contribution < -0.4 is 21.7 Å². The number of halogens is 1. The molecule has 3 nitrogen and oxygen atoms in total. The average Bonchev–Trinajstić information content (AvgIpc) is 3.50. The standard InChI is InChI=1S/C24H28NO2S2.BrH/c26-24(21-8-4-18-28-21,22-9-5-19-29-22)23-10-13-25(14-11-23,15-12-23)16-17-27-20-6-2-1-3-7-20;/h1-9,18-19,26H,10-17H2;1H/q+1;/p-1. The van der Waals surface area contributed by atoms with E-state index in [2.05, 4.69) is 35.0 Å². The molecule has 0 radical (unpaired) electrons. The third-order valence-corrected chi connectivity index (χ3v) is 9.25. The Labute approximate surface area is 197 Å². The van der Waals surface area contributed by atoms with Gasteiger partial charge in [0.25, 0.3) is 0 Å². The number of benzene rings is 1. The number of fused-ring (bicyclic) bond motifs is 3. The monoisotopic (exact) mass is 505 g/mol. The highest BCUT2D eigenvalue weighted by Gasteiger charge is 2.61. The molecule has 0 saturated carbocycles. The third-order valence-electron chi connectivity index (χ3n) is 7.29. The minimum absolute atomic E-state index is 0. The Kier molecular flexibility index (Phi) is 6.43. The number of rotatable bonds is 7. The summed E-state index contributed by atoms with van der Waals surface area (Å²) in [7, 11) is 0. The molecule has 6 heteroatoms. The lowest BCUT2D eigenvalue weighted by atomic mass is 9.59. The summed E-state index contributed by atoms with van der Waals surface area (Å²) in [5.74, 6) is 0.957. The van der Waals surface area contributed by atoms with Gasteiger partial charge in [0, 0.05) is 34.4 Å². The lowest BCUT2D eigenvalue weighted by Crippen LogP contribution is -3.00. The third kappa shape index (κ3) is 3.67. The maximum Gasteiger partial charge on any atom is 0.139 e. The molecule has 30 heavy (non-hydrogen) atoms. The van der Waals surface area contributed by atoms with E-state index < -0.39 is 5.60 Å². The Morgan fingerprint density at radius 3 is 1.93 bits per heavy atom. The minimum atomic E-state index is -0.855. The van der Waals surface area contributed by atoms with Crippen molar-refractivity contribution in [3.05, 3.63) is 75.1 Å². The van der Waals surface area contributed by atoms with Crippen molar-refractivity contribution in [1.29, 1.82) is 0 Å². The number of para-hydroxylation sites is 1. The Morgan fingerprint density at radius 1 is 0.867 bits per heavy atom.